The van der Waals surface area contributed by atoms with E-state index >= 15 is 0 Å². The maximum atomic E-state index is 10.4. The topological polar surface area (TPSA) is 46.5 Å². The summed E-state index contributed by atoms with van der Waals surface area (Å²) in [6.45, 7) is 6.35. The van der Waals surface area contributed by atoms with Gasteiger partial charge in [0.05, 0.1) is 12.5 Å². The number of hydrogen-bond donors (Lipinski definition) is 1. The van der Waals surface area contributed by atoms with Gasteiger partial charge in [-0.2, -0.15) is 0 Å². The van der Waals surface area contributed by atoms with Crippen LogP contribution in [0.1, 0.15) is 19.8 Å². The molecule has 0 fully saturated rings. The van der Waals surface area contributed by atoms with E-state index in [4.69, 9.17) is 9.84 Å². The molecule has 0 spiro atoms. The van der Waals surface area contributed by atoms with Crippen molar-refractivity contribution in [2.75, 3.05) is 13.2 Å². The third kappa shape index (κ3) is 4.91. The van der Waals surface area contributed by atoms with Gasteiger partial charge in [0.1, 0.15) is 0 Å². The Bertz CT molecular complexity index is 143. The molecule has 0 aliphatic carbocycles. The van der Waals surface area contributed by atoms with E-state index in [9.17, 15) is 4.79 Å². The first-order valence-electron chi connectivity index (χ1n) is 4.15. The van der Waals surface area contributed by atoms with Gasteiger partial charge in [0, 0.05) is 6.61 Å². The van der Waals surface area contributed by atoms with Crippen molar-refractivity contribution in [3.05, 3.63) is 12.7 Å². The smallest absolute Gasteiger partial charge is 0.312 e. The number of hydrogen-bond acceptors (Lipinski definition) is 2. The molecule has 0 bridgehead atoms. The molecule has 1 N–H and O–H groups in total. The fourth-order valence-corrected chi connectivity index (χ4v) is 0.697. The zero-order chi connectivity index (χ0) is 9.40. The molecule has 70 valence electrons. The summed E-state index contributed by atoms with van der Waals surface area (Å²) in [6, 6.07) is 0. The Kier molecular flexibility index (Phi) is 6.38. The Balaban J connectivity index is 3.45. The van der Waals surface area contributed by atoms with Crippen LogP contribution in [0.4, 0.5) is 0 Å². The minimum atomic E-state index is -0.874. The van der Waals surface area contributed by atoms with Crippen LogP contribution in [0.2, 0.25) is 0 Å². The molecule has 0 aromatic heterocycles. The van der Waals surface area contributed by atoms with Gasteiger partial charge >= 0.3 is 5.97 Å². The number of ether oxygens (including phenoxy) is 1. The zero-order valence-corrected chi connectivity index (χ0v) is 7.45. The summed E-state index contributed by atoms with van der Waals surface area (Å²) in [6.07, 6.45) is 3.43. The van der Waals surface area contributed by atoms with Crippen LogP contribution in [-0.4, -0.2) is 24.3 Å². The van der Waals surface area contributed by atoms with E-state index in [1.54, 1.807) is 0 Å². The van der Waals surface area contributed by atoms with Gasteiger partial charge in [0.2, 0.25) is 0 Å². The third-order valence-electron chi connectivity index (χ3n) is 1.54. The summed E-state index contributed by atoms with van der Waals surface area (Å²) in [4.78, 5) is 10.4. The van der Waals surface area contributed by atoms with Crippen molar-refractivity contribution >= 4 is 5.97 Å². The summed E-state index contributed by atoms with van der Waals surface area (Å²) in [5, 5.41) is 8.58. The summed E-state index contributed by atoms with van der Waals surface area (Å²) < 4.78 is 5.14. The van der Waals surface area contributed by atoms with Crippen molar-refractivity contribution in [3.63, 3.8) is 0 Å². The van der Waals surface area contributed by atoms with E-state index in [1.807, 2.05) is 0 Å². The van der Waals surface area contributed by atoms with Gasteiger partial charge in [-0.15, -0.1) is 6.58 Å². The van der Waals surface area contributed by atoms with Crippen LogP contribution >= 0.6 is 0 Å². The van der Waals surface area contributed by atoms with Gasteiger partial charge in [-0.1, -0.05) is 19.4 Å². The maximum absolute atomic E-state index is 10.4. The molecule has 0 aliphatic heterocycles. The molecule has 0 saturated heterocycles. The standard InChI is InChI=1S/C9H16O3/c1-3-5-6-12-7-8(4-2)9(10)11/h4,8H,2-3,5-7H2,1H3,(H,10,11). The predicted octanol–water partition coefficient (Wildman–Crippen LogP) is 1.69. The largest absolute Gasteiger partial charge is 0.481 e. The number of carbonyl (C=O) groups is 1. The van der Waals surface area contributed by atoms with E-state index in [0.29, 0.717) is 6.61 Å². The SMILES string of the molecule is C=CC(COCCCC)C(=O)O. The van der Waals surface area contributed by atoms with E-state index in [1.165, 1.54) is 6.08 Å². The second-order valence-electron chi connectivity index (χ2n) is 2.61. The van der Waals surface area contributed by atoms with Crippen LogP contribution in [-0.2, 0) is 9.53 Å². The number of carboxylic acids is 1. The first kappa shape index (κ1) is 11.2. The Morgan fingerprint density at radius 2 is 2.42 bits per heavy atom. The average Bonchev–Trinajstić information content (AvgIpc) is 2.04. The molecule has 1 atom stereocenters. The van der Waals surface area contributed by atoms with Gasteiger partial charge in [0.15, 0.2) is 0 Å². The number of unbranched alkanes of at least 4 members (excludes halogenated alkanes) is 1. The molecule has 0 heterocycles. The van der Waals surface area contributed by atoms with Crippen LogP contribution in [0.25, 0.3) is 0 Å². The second kappa shape index (κ2) is 6.85. The van der Waals surface area contributed by atoms with Crippen LogP contribution in [0.15, 0.2) is 12.7 Å². The van der Waals surface area contributed by atoms with Crippen molar-refractivity contribution in [2.45, 2.75) is 19.8 Å². The average molecular weight is 172 g/mol. The minimum Gasteiger partial charge on any atom is -0.481 e. The lowest BCUT2D eigenvalue weighted by Gasteiger charge is -2.07. The highest BCUT2D eigenvalue weighted by Crippen LogP contribution is 1.99. The van der Waals surface area contributed by atoms with Crippen LogP contribution in [0.5, 0.6) is 0 Å². The van der Waals surface area contributed by atoms with Gasteiger partial charge in [0.25, 0.3) is 0 Å². The quantitative estimate of drug-likeness (QED) is 0.469. The highest BCUT2D eigenvalue weighted by Gasteiger charge is 2.12. The molecule has 12 heavy (non-hydrogen) atoms. The molecule has 0 amide bonds. The fraction of sp³-hybridized carbons (Fsp3) is 0.667. The van der Waals surface area contributed by atoms with Crippen LogP contribution in [0, 0.1) is 5.92 Å². The molecular formula is C9H16O3. The highest BCUT2D eigenvalue weighted by atomic mass is 16.5. The van der Waals surface area contributed by atoms with E-state index < -0.39 is 11.9 Å². The fourth-order valence-electron chi connectivity index (χ4n) is 0.697. The molecular weight excluding hydrogens is 156 g/mol. The van der Waals surface area contributed by atoms with Crippen LogP contribution in [0.3, 0.4) is 0 Å². The lowest BCUT2D eigenvalue weighted by atomic mass is 10.2. The van der Waals surface area contributed by atoms with Crippen molar-refractivity contribution in [3.8, 4) is 0 Å². The van der Waals surface area contributed by atoms with Crippen molar-refractivity contribution < 1.29 is 14.6 Å². The lowest BCUT2D eigenvalue weighted by Crippen LogP contribution is -2.17. The Hall–Kier alpha value is -0.830. The molecule has 0 saturated carbocycles. The van der Waals surface area contributed by atoms with Gasteiger partial charge in [-0.25, -0.2) is 0 Å². The Labute approximate surface area is 73.0 Å². The molecule has 0 radical (unpaired) electrons. The molecule has 0 rings (SSSR count). The van der Waals surface area contributed by atoms with E-state index in [2.05, 4.69) is 13.5 Å². The Morgan fingerprint density at radius 1 is 1.75 bits per heavy atom. The highest BCUT2D eigenvalue weighted by molar-refractivity contribution is 5.72. The normalized spacial score (nSPS) is 12.4. The molecule has 3 nitrogen and oxygen atoms in total. The summed E-state index contributed by atoms with van der Waals surface area (Å²) in [5.74, 6) is -1.44. The lowest BCUT2D eigenvalue weighted by molar-refractivity contribution is -0.141. The molecule has 0 aromatic carbocycles. The van der Waals surface area contributed by atoms with Gasteiger partial charge < -0.3 is 9.84 Å². The molecule has 3 heteroatoms. The molecule has 1 unspecified atom stereocenters. The molecule has 0 aromatic rings. The number of aliphatic carboxylic acids is 1. The number of carboxylic acid groups (broad SMARTS) is 1. The minimum absolute atomic E-state index is 0.235. The Morgan fingerprint density at radius 3 is 2.83 bits per heavy atom. The van der Waals surface area contributed by atoms with Gasteiger partial charge in [-0.05, 0) is 6.42 Å². The monoisotopic (exact) mass is 172 g/mol. The van der Waals surface area contributed by atoms with Gasteiger partial charge in [-0.3, -0.25) is 4.79 Å². The van der Waals surface area contributed by atoms with Crippen molar-refractivity contribution in [1.29, 1.82) is 0 Å². The zero-order valence-electron chi connectivity index (χ0n) is 7.45. The first-order valence-corrected chi connectivity index (χ1v) is 4.15. The first-order chi connectivity index (χ1) is 5.72. The van der Waals surface area contributed by atoms with E-state index in [0.717, 1.165) is 12.8 Å². The third-order valence-corrected chi connectivity index (χ3v) is 1.54. The summed E-state index contributed by atoms with van der Waals surface area (Å²) >= 11 is 0. The van der Waals surface area contributed by atoms with Crippen molar-refractivity contribution in [2.24, 2.45) is 5.92 Å². The maximum Gasteiger partial charge on any atom is 0.312 e. The van der Waals surface area contributed by atoms with E-state index in [-0.39, 0.29) is 6.61 Å². The molecule has 0 aliphatic rings. The predicted molar refractivity (Wildman–Crippen MR) is 47.0 cm³/mol. The van der Waals surface area contributed by atoms with Crippen molar-refractivity contribution in [1.82, 2.24) is 0 Å². The summed E-state index contributed by atoms with van der Waals surface area (Å²) in [7, 11) is 0. The van der Waals surface area contributed by atoms with Crippen LogP contribution < -0.4 is 0 Å². The number of rotatable bonds is 7. The second-order valence-corrected chi connectivity index (χ2v) is 2.61. The summed E-state index contributed by atoms with van der Waals surface area (Å²) in [5.41, 5.74) is 0.